The van der Waals surface area contributed by atoms with Crippen LogP contribution in [0.25, 0.3) is 0 Å². The minimum absolute atomic E-state index is 0.0314. The van der Waals surface area contributed by atoms with E-state index in [9.17, 15) is 9.59 Å². The molecule has 1 aromatic carbocycles. The van der Waals surface area contributed by atoms with Gasteiger partial charge in [-0.3, -0.25) is 4.79 Å². The van der Waals surface area contributed by atoms with Crippen LogP contribution >= 0.6 is 0 Å². The van der Waals surface area contributed by atoms with Gasteiger partial charge in [-0.2, -0.15) is 0 Å². The molecule has 0 bridgehead atoms. The minimum Gasteiger partial charge on any atom is -0.444 e. The van der Waals surface area contributed by atoms with Crippen molar-refractivity contribution in [3.05, 3.63) is 35.9 Å². The Morgan fingerprint density at radius 3 is 2.29 bits per heavy atom. The van der Waals surface area contributed by atoms with Crippen LogP contribution in [0.4, 0.5) is 4.79 Å². The van der Waals surface area contributed by atoms with Crippen LogP contribution in [0.2, 0.25) is 0 Å². The molecule has 0 fully saturated rings. The van der Waals surface area contributed by atoms with Crippen LogP contribution in [-0.2, 0) is 16.0 Å². The molecule has 0 saturated carbocycles. The van der Waals surface area contributed by atoms with E-state index in [4.69, 9.17) is 4.74 Å². The van der Waals surface area contributed by atoms with Gasteiger partial charge in [-0.25, -0.2) is 9.79 Å². The highest BCUT2D eigenvalue weighted by atomic mass is 16.6. The van der Waals surface area contributed by atoms with Gasteiger partial charge in [0.05, 0.1) is 0 Å². The van der Waals surface area contributed by atoms with Gasteiger partial charge in [0.25, 0.3) is 0 Å². The summed E-state index contributed by atoms with van der Waals surface area (Å²) in [5.41, 5.74) is 0.653. The highest BCUT2D eigenvalue weighted by Gasteiger charge is 2.15. The van der Waals surface area contributed by atoms with E-state index >= 15 is 0 Å². The van der Waals surface area contributed by atoms with Gasteiger partial charge in [0.1, 0.15) is 12.1 Å². The van der Waals surface area contributed by atoms with Gasteiger partial charge in [-0.1, -0.05) is 30.3 Å². The van der Waals surface area contributed by atoms with Crippen molar-refractivity contribution in [2.45, 2.75) is 39.7 Å². The van der Waals surface area contributed by atoms with Crippen molar-refractivity contribution in [3.8, 4) is 0 Å². The van der Waals surface area contributed by atoms with Gasteiger partial charge in [0, 0.05) is 26.2 Å². The molecular formula is C20H33N5O3. The van der Waals surface area contributed by atoms with Crippen molar-refractivity contribution in [2.24, 2.45) is 4.99 Å². The summed E-state index contributed by atoms with van der Waals surface area (Å²) in [5, 5.41) is 11.6. The summed E-state index contributed by atoms with van der Waals surface area (Å²) < 4.78 is 5.16. The zero-order valence-electron chi connectivity index (χ0n) is 17.3. The quantitative estimate of drug-likeness (QED) is 0.290. The van der Waals surface area contributed by atoms with Gasteiger partial charge in [0.2, 0.25) is 5.91 Å². The monoisotopic (exact) mass is 391 g/mol. The molecule has 2 amide bonds. The zero-order valence-corrected chi connectivity index (χ0v) is 17.3. The van der Waals surface area contributed by atoms with Crippen LogP contribution in [0, 0.1) is 0 Å². The third kappa shape index (κ3) is 11.8. The molecule has 0 aliphatic rings. The number of alkyl carbamates (subject to hydrolysis) is 1. The molecule has 0 atom stereocenters. The molecule has 156 valence electrons. The predicted octanol–water partition coefficient (Wildman–Crippen LogP) is 1.43. The van der Waals surface area contributed by atoms with E-state index in [0.29, 0.717) is 32.1 Å². The van der Waals surface area contributed by atoms with Crippen LogP contribution < -0.4 is 21.3 Å². The van der Waals surface area contributed by atoms with E-state index in [2.05, 4.69) is 26.3 Å². The van der Waals surface area contributed by atoms with Crippen LogP contribution in [0.5, 0.6) is 0 Å². The number of nitrogens with zero attached hydrogens (tertiary/aromatic N) is 1. The van der Waals surface area contributed by atoms with Gasteiger partial charge in [0.15, 0.2) is 5.96 Å². The maximum Gasteiger partial charge on any atom is 0.407 e. The number of hydrogen-bond acceptors (Lipinski definition) is 4. The van der Waals surface area contributed by atoms with Crippen molar-refractivity contribution in [2.75, 3.05) is 32.7 Å². The molecule has 0 aliphatic heterocycles. The standard InChI is InChI=1S/C20H33N5O3/c1-5-21-18(23-13-14-24-19(27)28-20(2,3)4)25-15-17(26)22-12-11-16-9-7-6-8-10-16/h6-10H,5,11-15H2,1-4H3,(H,22,26)(H,24,27)(H2,21,23,25). The lowest BCUT2D eigenvalue weighted by atomic mass is 10.1. The number of ether oxygens (including phenoxy) is 1. The summed E-state index contributed by atoms with van der Waals surface area (Å²) in [6.07, 6.45) is 0.319. The molecule has 4 N–H and O–H groups in total. The van der Waals surface area contributed by atoms with Crippen LogP contribution in [0.15, 0.2) is 35.3 Å². The number of amides is 2. The second kappa shape index (κ2) is 12.6. The molecule has 0 aromatic heterocycles. The number of carbonyl (C=O) groups is 2. The average Bonchev–Trinajstić information content (AvgIpc) is 2.62. The molecular weight excluding hydrogens is 358 g/mol. The predicted molar refractivity (Wildman–Crippen MR) is 111 cm³/mol. The van der Waals surface area contributed by atoms with Gasteiger partial charge in [-0.15, -0.1) is 0 Å². The summed E-state index contributed by atoms with van der Waals surface area (Å²) in [6.45, 7) is 9.48. The van der Waals surface area contributed by atoms with Gasteiger partial charge in [-0.05, 0) is 39.7 Å². The lowest BCUT2D eigenvalue weighted by Crippen LogP contribution is -2.43. The Balaban J connectivity index is 2.28. The first-order valence-corrected chi connectivity index (χ1v) is 9.60. The summed E-state index contributed by atoms with van der Waals surface area (Å²) in [6, 6.07) is 9.99. The fourth-order valence-electron chi connectivity index (χ4n) is 2.20. The summed E-state index contributed by atoms with van der Waals surface area (Å²) in [5.74, 6) is 0.381. The Hall–Kier alpha value is -2.77. The fourth-order valence-corrected chi connectivity index (χ4v) is 2.20. The second-order valence-electron chi connectivity index (χ2n) is 7.14. The molecule has 0 unspecified atom stereocenters. The number of rotatable bonds is 9. The first-order chi connectivity index (χ1) is 13.3. The highest BCUT2D eigenvalue weighted by molar-refractivity contribution is 5.84. The summed E-state index contributed by atoms with van der Waals surface area (Å²) in [4.78, 5) is 27.8. The number of carbonyl (C=O) groups excluding carboxylic acids is 2. The van der Waals surface area contributed by atoms with E-state index in [0.717, 1.165) is 6.42 Å². The first kappa shape index (κ1) is 23.3. The van der Waals surface area contributed by atoms with E-state index in [1.54, 1.807) is 0 Å². The average molecular weight is 392 g/mol. The maximum absolute atomic E-state index is 11.9. The Bertz CT molecular complexity index is 626. The fraction of sp³-hybridized carbons (Fsp3) is 0.550. The molecule has 8 heteroatoms. The number of hydrogen-bond donors (Lipinski definition) is 4. The number of aliphatic imine (C=N–C) groups is 1. The molecule has 28 heavy (non-hydrogen) atoms. The number of guanidine groups is 1. The van der Waals surface area contributed by atoms with Crippen LogP contribution in [0.3, 0.4) is 0 Å². The Morgan fingerprint density at radius 1 is 0.964 bits per heavy atom. The van der Waals surface area contributed by atoms with Crippen LogP contribution in [-0.4, -0.2) is 56.3 Å². The SMILES string of the molecule is CCNC(=NCC(=O)NCCc1ccccc1)NCCNC(=O)OC(C)(C)C. The molecule has 0 saturated heterocycles. The van der Waals surface area contributed by atoms with E-state index in [1.807, 2.05) is 58.0 Å². The Kier molecular flexibility index (Phi) is 10.5. The number of nitrogens with one attached hydrogen (secondary N) is 4. The summed E-state index contributed by atoms with van der Waals surface area (Å²) in [7, 11) is 0. The number of benzene rings is 1. The van der Waals surface area contributed by atoms with Crippen LogP contribution in [0.1, 0.15) is 33.3 Å². The molecule has 0 radical (unpaired) electrons. The zero-order chi connectivity index (χ0) is 20.8. The van der Waals surface area contributed by atoms with Crippen molar-refractivity contribution >= 4 is 18.0 Å². The largest absolute Gasteiger partial charge is 0.444 e. The highest BCUT2D eigenvalue weighted by Crippen LogP contribution is 2.05. The topological polar surface area (TPSA) is 104 Å². The maximum atomic E-state index is 11.9. The van der Waals surface area contributed by atoms with E-state index < -0.39 is 11.7 Å². The first-order valence-electron chi connectivity index (χ1n) is 9.60. The van der Waals surface area contributed by atoms with Crippen molar-refractivity contribution < 1.29 is 14.3 Å². The molecule has 0 spiro atoms. The third-order valence-electron chi connectivity index (χ3n) is 3.39. The normalized spacial score (nSPS) is 11.5. The molecule has 1 rings (SSSR count). The van der Waals surface area contributed by atoms with Crippen molar-refractivity contribution in [1.29, 1.82) is 0 Å². The minimum atomic E-state index is -0.526. The molecule has 8 nitrogen and oxygen atoms in total. The smallest absolute Gasteiger partial charge is 0.407 e. The van der Waals surface area contributed by atoms with Crippen molar-refractivity contribution in [3.63, 3.8) is 0 Å². The molecule has 1 aromatic rings. The lowest BCUT2D eigenvalue weighted by Gasteiger charge is -2.19. The Labute approximate surface area is 167 Å². The molecule has 0 heterocycles. The summed E-state index contributed by atoms with van der Waals surface area (Å²) >= 11 is 0. The van der Waals surface area contributed by atoms with E-state index in [-0.39, 0.29) is 12.5 Å². The van der Waals surface area contributed by atoms with Gasteiger partial charge < -0.3 is 26.0 Å². The van der Waals surface area contributed by atoms with Gasteiger partial charge >= 0.3 is 6.09 Å². The van der Waals surface area contributed by atoms with E-state index in [1.165, 1.54) is 5.56 Å². The Morgan fingerprint density at radius 2 is 1.64 bits per heavy atom. The lowest BCUT2D eigenvalue weighted by molar-refractivity contribution is -0.119. The third-order valence-corrected chi connectivity index (χ3v) is 3.39. The van der Waals surface area contributed by atoms with Crippen molar-refractivity contribution in [1.82, 2.24) is 21.3 Å². The second-order valence-corrected chi connectivity index (χ2v) is 7.14. The molecule has 0 aliphatic carbocycles.